The van der Waals surface area contributed by atoms with Gasteiger partial charge in [0.15, 0.2) is 0 Å². The summed E-state index contributed by atoms with van der Waals surface area (Å²) in [7, 11) is 0. The summed E-state index contributed by atoms with van der Waals surface area (Å²) < 4.78 is 0. The van der Waals surface area contributed by atoms with Crippen molar-refractivity contribution in [1.82, 2.24) is 5.32 Å². The first kappa shape index (κ1) is 12.6. The molecular weight excluding hydrogens is 220 g/mol. The third-order valence-electron chi connectivity index (χ3n) is 2.42. The molecule has 0 spiro atoms. The molecule has 1 amide bonds. The molecule has 0 saturated carbocycles. The maximum atomic E-state index is 11.7. The highest BCUT2D eigenvalue weighted by Crippen LogP contribution is 2.05. The number of carbonyl (C=O) groups is 1. The Balaban J connectivity index is 2.74. The molecule has 0 bridgehead atoms. The first-order valence-corrected chi connectivity index (χ1v) is 5.66. The Labute approximate surface area is 101 Å². The summed E-state index contributed by atoms with van der Waals surface area (Å²) in [6.45, 7) is 4.00. The van der Waals surface area contributed by atoms with Crippen molar-refractivity contribution in [1.29, 1.82) is 0 Å². The third-order valence-corrected chi connectivity index (χ3v) is 2.66. The van der Waals surface area contributed by atoms with Gasteiger partial charge in [0.05, 0.1) is 0 Å². The average molecular weight is 236 g/mol. The summed E-state index contributed by atoms with van der Waals surface area (Å²) >= 11 is 4.84. The average Bonchev–Trinajstić information content (AvgIpc) is 2.28. The maximum Gasteiger partial charge on any atom is 0.251 e. The van der Waals surface area contributed by atoms with Crippen molar-refractivity contribution in [2.75, 3.05) is 0 Å². The highest BCUT2D eigenvalue weighted by Gasteiger charge is 2.08. The van der Waals surface area contributed by atoms with Crippen molar-refractivity contribution in [2.24, 2.45) is 5.73 Å². The molecule has 0 aliphatic rings. The molecular formula is C12H16N2OS. The third kappa shape index (κ3) is 3.31. The van der Waals surface area contributed by atoms with Crippen molar-refractivity contribution in [3.8, 4) is 0 Å². The monoisotopic (exact) mass is 236 g/mol. The summed E-state index contributed by atoms with van der Waals surface area (Å²) in [4.78, 5) is 12.1. The van der Waals surface area contributed by atoms with Crippen LogP contribution in [0.4, 0.5) is 0 Å². The molecule has 1 unspecified atom stereocenters. The van der Waals surface area contributed by atoms with E-state index in [1.54, 1.807) is 24.3 Å². The van der Waals surface area contributed by atoms with Gasteiger partial charge >= 0.3 is 0 Å². The van der Waals surface area contributed by atoms with Crippen LogP contribution in [0.5, 0.6) is 0 Å². The predicted molar refractivity (Wildman–Crippen MR) is 69.5 cm³/mol. The largest absolute Gasteiger partial charge is 0.389 e. The molecule has 0 aromatic heterocycles. The Morgan fingerprint density at radius 2 is 1.88 bits per heavy atom. The van der Waals surface area contributed by atoms with E-state index in [9.17, 15) is 4.79 Å². The Hall–Kier alpha value is -1.42. The van der Waals surface area contributed by atoms with Gasteiger partial charge in [0.2, 0.25) is 0 Å². The number of rotatable bonds is 4. The molecule has 4 heteroatoms. The van der Waals surface area contributed by atoms with Crippen molar-refractivity contribution in [2.45, 2.75) is 26.3 Å². The first-order chi connectivity index (χ1) is 7.54. The van der Waals surface area contributed by atoms with Gasteiger partial charge in [0.25, 0.3) is 5.91 Å². The van der Waals surface area contributed by atoms with Gasteiger partial charge in [-0.1, -0.05) is 31.3 Å². The zero-order chi connectivity index (χ0) is 12.1. The minimum atomic E-state index is -0.0659. The summed E-state index contributed by atoms with van der Waals surface area (Å²) in [6.07, 6.45) is 0.913. The minimum absolute atomic E-state index is 0.0659. The van der Waals surface area contributed by atoms with Crippen molar-refractivity contribution in [3.05, 3.63) is 35.4 Å². The first-order valence-electron chi connectivity index (χ1n) is 5.25. The van der Waals surface area contributed by atoms with Crippen LogP contribution >= 0.6 is 12.2 Å². The lowest BCUT2D eigenvalue weighted by molar-refractivity contribution is 0.0939. The van der Waals surface area contributed by atoms with E-state index >= 15 is 0 Å². The highest BCUT2D eigenvalue weighted by molar-refractivity contribution is 7.80. The molecule has 86 valence electrons. The molecule has 1 aromatic rings. The SMILES string of the molecule is CCC(C)NC(=O)c1ccc(C(N)=S)cc1. The number of amides is 1. The lowest BCUT2D eigenvalue weighted by atomic mass is 10.1. The van der Waals surface area contributed by atoms with Crippen LogP contribution < -0.4 is 11.1 Å². The molecule has 0 aliphatic heterocycles. The minimum Gasteiger partial charge on any atom is -0.389 e. The zero-order valence-corrected chi connectivity index (χ0v) is 10.3. The van der Waals surface area contributed by atoms with E-state index in [0.29, 0.717) is 10.6 Å². The van der Waals surface area contributed by atoms with Crippen molar-refractivity contribution >= 4 is 23.1 Å². The van der Waals surface area contributed by atoms with Crippen LogP contribution in [0, 0.1) is 0 Å². The summed E-state index contributed by atoms with van der Waals surface area (Å²) in [5.74, 6) is -0.0659. The second-order valence-corrected chi connectivity index (χ2v) is 4.16. The number of hydrogen-bond donors (Lipinski definition) is 2. The Morgan fingerprint density at radius 1 is 1.38 bits per heavy atom. The van der Waals surface area contributed by atoms with Gasteiger partial charge in [-0.25, -0.2) is 0 Å². The molecule has 0 heterocycles. The molecule has 3 N–H and O–H groups in total. The summed E-state index contributed by atoms with van der Waals surface area (Å²) in [5, 5.41) is 2.89. The number of benzene rings is 1. The zero-order valence-electron chi connectivity index (χ0n) is 9.49. The van der Waals surface area contributed by atoms with E-state index in [4.69, 9.17) is 18.0 Å². The normalized spacial score (nSPS) is 11.9. The van der Waals surface area contributed by atoms with Gasteiger partial charge in [-0.3, -0.25) is 4.79 Å². The fourth-order valence-corrected chi connectivity index (χ4v) is 1.33. The van der Waals surface area contributed by atoms with Crippen molar-refractivity contribution < 1.29 is 4.79 Å². The van der Waals surface area contributed by atoms with E-state index in [1.807, 2.05) is 13.8 Å². The number of carbonyl (C=O) groups excluding carboxylic acids is 1. The van der Waals surface area contributed by atoms with Gasteiger partial charge in [0, 0.05) is 17.2 Å². The summed E-state index contributed by atoms with van der Waals surface area (Å²) in [6, 6.07) is 7.16. The standard InChI is InChI=1S/C12H16N2OS/c1-3-8(2)14-12(15)10-6-4-9(5-7-10)11(13)16/h4-8H,3H2,1-2H3,(H2,13,16)(H,14,15). The van der Waals surface area contributed by atoms with Crippen LogP contribution in [0.2, 0.25) is 0 Å². The number of hydrogen-bond acceptors (Lipinski definition) is 2. The van der Waals surface area contributed by atoms with Crippen molar-refractivity contribution in [3.63, 3.8) is 0 Å². The maximum absolute atomic E-state index is 11.7. The molecule has 0 aliphatic carbocycles. The number of thiocarbonyl (C=S) groups is 1. The Morgan fingerprint density at radius 3 is 2.31 bits per heavy atom. The van der Waals surface area contributed by atoms with Gasteiger partial charge in [-0.15, -0.1) is 0 Å². The van der Waals surface area contributed by atoms with Crippen LogP contribution in [-0.2, 0) is 0 Å². The van der Waals surface area contributed by atoms with E-state index in [-0.39, 0.29) is 11.9 Å². The van der Waals surface area contributed by atoms with E-state index in [2.05, 4.69) is 5.32 Å². The van der Waals surface area contributed by atoms with Gasteiger partial charge < -0.3 is 11.1 Å². The second-order valence-electron chi connectivity index (χ2n) is 3.72. The lowest BCUT2D eigenvalue weighted by Gasteiger charge is -2.11. The number of nitrogens with two attached hydrogens (primary N) is 1. The molecule has 3 nitrogen and oxygen atoms in total. The van der Waals surface area contributed by atoms with Crippen LogP contribution in [-0.4, -0.2) is 16.9 Å². The fourth-order valence-electron chi connectivity index (χ4n) is 1.20. The molecule has 1 atom stereocenters. The summed E-state index contributed by atoms with van der Waals surface area (Å²) in [5.41, 5.74) is 6.87. The lowest BCUT2D eigenvalue weighted by Crippen LogP contribution is -2.31. The van der Waals surface area contributed by atoms with Gasteiger partial charge in [-0.05, 0) is 25.5 Å². The topological polar surface area (TPSA) is 55.1 Å². The Kier molecular flexibility index (Phi) is 4.43. The predicted octanol–water partition coefficient (Wildman–Crippen LogP) is 1.85. The molecule has 1 rings (SSSR count). The van der Waals surface area contributed by atoms with Crippen LogP contribution in [0.3, 0.4) is 0 Å². The molecule has 0 saturated heterocycles. The molecule has 0 radical (unpaired) electrons. The van der Waals surface area contributed by atoms with Crippen LogP contribution in [0.1, 0.15) is 36.2 Å². The van der Waals surface area contributed by atoms with E-state index < -0.39 is 0 Å². The smallest absolute Gasteiger partial charge is 0.251 e. The Bertz CT molecular complexity index is 387. The van der Waals surface area contributed by atoms with E-state index in [1.165, 1.54) is 0 Å². The molecule has 16 heavy (non-hydrogen) atoms. The van der Waals surface area contributed by atoms with Gasteiger partial charge in [-0.2, -0.15) is 0 Å². The fraction of sp³-hybridized carbons (Fsp3) is 0.333. The quantitative estimate of drug-likeness (QED) is 0.784. The number of nitrogens with one attached hydrogen (secondary N) is 1. The van der Waals surface area contributed by atoms with Crippen LogP contribution in [0.15, 0.2) is 24.3 Å². The molecule has 0 fully saturated rings. The van der Waals surface area contributed by atoms with E-state index in [0.717, 1.165) is 12.0 Å². The highest BCUT2D eigenvalue weighted by atomic mass is 32.1. The van der Waals surface area contributed by atoms with Gasteiger partial charge in [0.1, 0.15) is 4.99 Å². The second kappa shape index (κ2) is 5.61. The van der Waals surface area contributed by atoms with Crippen LogP contribution in [0.25, 0.3) is 0 Å². The molecule has 1 aromatic carbocycles.